The van der Waals surface area contributed by atoms with Crippen molar-refractivity contribution in [2.45, 2.75) is 52.5 Å². The first-order valence-electron chi connectivity index (χ1n) is 6.57. The van der Waals surface area contributed by atoms with E-state index in [-0.39, 0.29) is 0 Å². The average molecular weight is 223 g/mol. The van der Waals surface area contributed by atoms with Gasteiger partial charge in [0.1, 0.15) is 0 Å². The molecule has 0 radical (unpaired) electrons. The SMILES string of the molecule is CC1CCCN(C(N)=NC2CCC2(C)C)C1. The van der Waals surface area contributed by atoms with Gasteiger partial charge in [0.05, 0.1) is 6.04 Å². The summed E-state index contributed by atoms with van der Waals surface area (Å²) in [6, 6.07) is 0.449. The van der Waals surface area contributed by atoms with E-state index in [1.54, 1.807) is 0 Å². The Balaban J connectivity index is 1.96. The number of guanidine groups is 1. The van der Waals surface area contributed by atoms with E-state index in [2.05, 4.69) is 25.7 Å². The Morgan fingerprint density at radius 1 is 1.38 bits per heavy atom. The molecule has 1 saturated heterocycles. The molecule has 0 amide bonds. The molecule has 2 N–H and O–H groups in total. The van der Waals surface area contributed by atoms with Crippen molar-refractivity contribution in [3.63, 3.8) is 0 Å². The van der Waals surface area contributed by atoms with Crippen molar-refractivity contribution >= 4 is 5.96 Å². The minimum Gasteiger partial charge on any atom is -0.370 e. The second-order valence-corrected chi connectivity index (χ2v) is 6.22. The van der Waals surface area contributed by atoms with E-state index in [9.17, 15) is 0 Å². The fourth-order valence-electron chi connectivity index (χ4n) is 2.73. The minimum atomic E-state index is 0.367. The summed E-state index contributed by atoms with van der Waals surface area (Å²) in [5, 5.41) is 0. The van der Waals surface area contributed by atoms with E-state index in [1.165, 1.54) is 25.7 Å². The molecular formula is C13H25N3. The second-order valence-electron chi connectivity index (χ2n) is 6.22. The maximum atomic E-state index is 6.12. The van der Waals surface area contributed by atoms with Gasteiger partial charge < -0.3 is 10.6 Å². The fraction of sp³-hybridized carbons (Fsp3) is 0.923. The molecule has 0 spiro atoms. The summed E-state index contributed by atoms with van der Waals surface area (Å²) in [5.41, 5.74) is 6.49. The molecule has 2 aliphatic rings. The Bertz CT molecular complexity index is 283. The molecule has 2 unspecified atom stereocenters. The van der Waals surface area contributed by atoms with Crippen LogP contribution in [0.3, 0.4) is 0 Å². The van der Waals surface area contributed by atoms with Gasteiger partial charge in [-0.3, -0.25) is 0 Å². The van der Waals surface area contributed by atoms with Gasteiger partial charge in [0, 0.05) is 13.1 Å². The Morgan fingerprint density at radius 3 is 2.62 bits per heavy atom. The van der Waals surface area contributed by atoms with Gasteiger partial charge in [-0.05, 0) is 37.0 Å². The molecule has 3 heteroatoms. The Labute approximate surface area is 99.1 Å². The lowest BCUT2D eigenvalue weighted by molar-refractivity contribution is 0.143. The van der Waals surface area contributed by atoms with E-state index in [0.29, 0.717) is 11.5 Å². The van der Waals surface area contributed by atoms with Gasteiger partial charge in [-0.1, -0.05) is 20.8 Å². The summed E-state index contributed by atoms with van der Waals surface area (Å²) in [7, 11) is 0. The van der Waals surface area contributed by atoms with Crippen LogP contribution in [-0.4, -0.2) is 30.0 Å². The summed E-state index contributed by atoms with van der Waals surface area (Å²) >= 11 is 0. The lowest BCUT2D eigenvalue weighted by Crippen LogP contribution is -2.47. The van der Waals surface area contributed by atoms with Crippen LogP contribution in [0.25, 0.3) is 0 Å². The molecule has 3 nitrogen and oxygen atoms in total. The van der Waals surface area contributed by atoms with Crippen LogP contribution in [0, 0.1) is 11.3 Å². The maximum absolute atomic E-state index is 6.12. The van der Waals surface area contributed by atoms with Gasteiger partial charge in [0.15, 0.2) is 5.96 Å². The van der Waals surface area contributed by atoms with E-state index in [4.69, 9.17) is 10.7 Å². The van der Waals surface area contributed by atoms with E-state index in [0.717, 1.165) is 25.0 Å². The van der Waals surface area contributed by atoms with Crippen LogP contribution in [0.5, 0.6) is 0 Å². The lowest BCUT2D eigenvalue weighted by Gasteiger charge is -2.42. The van der Waals surface area contributed by atoms with Crippen LogP contribution >= 0.6 is 0 Å². The molecule has 1 saturated carbocycles. The van der Waals surface area contributed by atoms with Gasteiger partial charge in [-0.15, -0.1) is 0 Å². The standard InChI is InChI=1S/C13H25N3/c1-10-5-4-8-16(9-10)12(14)15-11-6-7-13(11,2)3/h10-11H,4-9H2,1-3H3,(H2,14,15). The quantitative estimate of drug-likeness (QED) is 0.547. The van der Waals surface area contributed by atoms with Crippen molar-refractivity contribution in [1.29, 1.82) is 0 Å². The molecule has 0 bridgehead atoms. The monoisotopic (exact) mass is 223 g/mol. The summed E-state index contributed by atoms with van der Waals surface area (Å²) in [6.07, 6.45) is 5.08. The number of likely N-dealkylation sites (tertiary alicyclic amines) is 1. The zero-order valence-electron chi connectivity index (χ0n) is 10.9. The van der Waals surface area contributed by atoms with Crippen LogP contribution in [0.4, 0.5) is 0 Å². The molecule has 1 aliphatic heterocycles. The maximum Gasteiger partial charge on any atom is 0.191 e. The van der Waals surface area contributed by atoms with Crippen molar-refractivity contribution in [3.05, 3.63) is 0 Å². The Morgan fingerprint density at radius 2 is 2.12 bits per heavy atom. The molecule has 2 fully saturated rings. The third kappa shape index (κ3) is 2.33. The normalized spacial score (nSPS) is 34.7. The number of rotatable bonds is 1. The number of aliphatic imine (C=N–C) groups is 1. The molecule has 0 aromatic carbocycles. The first-order valence-corrected chi connectivity index (χ1v) is 6.57. The van der Waals surface area contributed by atoms with Crippen molar-refractivity contribution in [1.82, 2.24) is 4.90 Å². The zero-order chi connectivity index (χ0) is 11.8. The summed E-state index contributed by atoms with van der Waals surface area (Å²) in [6.45, 7) is 9.05. The first-order chi connectivity index (χ1) is 7.49. The van der Waals surface area contributed by atoms with Crippen LogP contribution in [0.2, 0.25) is 0 Å². The predicted molar refractivity (Wildman–Crippen MR) is 68.4 cm³/mol. The van der Waals surface area contributed by atoms with Crippen LogP contribution in [0.1, 0.15) is 46.5 Å². The second kappa shape index (κ2) is 4.27. The minimum absolute atomic E-state index is 0.367. The first kappa shape index (κ1) is 11.7. The van der Waals surface area contributed by atoms with Gasteiger partial charge >= 0.3 is 0 Å². The molecule has 2 atom stereocenters. The van der Waals surface area contributed by atoms with Crippen molar-refractivity contribution in [3.8, 4) is 0 Å². The molecule has 1 aliphatic carbocycles. The van der Waals surface area contributed by atoms with Gasteiger partial charge in [-0.25, -0.2) is 4.99 Å². The Hall–Kier alpha value is -0.730. The summed E-state index contributed by atoms with van der Waals surface area (Å²) in [5.74, 6) is 1.54. The highest BCUT2D eigenvalue weighted by molar-refractivity contribution is 5.78. The molecule has 92 valence electrons. The highest BCUT2D eigenvalue weighted by Crippen LogP contribution is 2.42. The predicted octanol–water partition coefficient (Wildman–Crippen LogP) is 2.22. The zero-order valence-corrected chi connectivity index (χ0v) is 10.9. The smallest absolute Gasteiger partial charge is 0.191 e. The van der Waals surface area contributed by atoms with Crippen molar-refractivity contribution in [2.75, 3.05) is 13.1 Å². The highest BCUT2D eigenvalue weighted by atomic mass is 15.3. The molecule has 0 aromatic heterocycles. The number of hydrogen-bond acceptors (Lipinski definition) is 1. The number of nitrogens with two attached hydrogens (primary N) is 1. The van der Waals surface area contributed by atoms with Crippen molar-refractivity contribution in [2.24, 2.45) is 22.1 Å². The third-order valence-corrected chi connectivity index (χ3v) is 4.23. The number of piperidine rings is 1. The Kier molecular flexibility index (Phi) is 3.13. The fourth-order valence-corrected chi connectivity index (χ4v) is 2.73. The van der Waals surface area contributed by atoms with Crippen LogP contribution in [-0.2, 0) is 0 Å². The summed E-state index contributed by atoms with van der Waals surface area (Å²) < 4.78 is 0. The largest absolute Gasteiger partial charge is 0.370 e. The average Bonchev–Trinajstić information content (AvgIpc) is 2.24. The molecule has 2 rings (SSSR count). The third-order valence-electron chi connectivity index (χ3n) is 4.23. The molecule has 16 heavy (non-hydrogen) atoms. The van der Waals surface area contributed by atoms with Gasteiger partial charge in [-0.2, -0.15) is 0 Å². The molecular weight excluding hydrogens is 198 g/mol. The topological polar surface area (TPSA) is 41.6 Å². The lowest BCUT2D eigenvalue weighted by atomic mass is 9.68. The van der Waals surface area contributed by atoms with Crippen LogP contribution < -0.4 is 5.73 Å². The number of nitrogens with zero attached hydrogens (tertiary/aromatic N) is 2. The molecule has 1 heterocycles. The van der Waals surface area contributed by atoms with Crippen LogP contribution in [0.15, 0.2) is 4.99 Å². The highest BCUT2D eigenvalue weighted by Gasteiger charge is 2.38. The van der Waals surface area contributed by atoms with E-state index in [1.807, 2.05) is 0 Å². The molecule has 0 aromatic rings. The van der Waals surface area contributed by atoms with Gasteiger partial charge in [0.2, 0.25) is 0 Å². The van der Waals surface area contributed by atoms with E-state index < -0.39 is 0 Å². The van der Waals surface area contributed by atoms with Gasteiger partial charge in [0.25, 0.3) is 0 Å². The summed E-state index contributed by atoms with van der Waals surface area (Å²) in [4.78, 5) is 6.98. The van der Waals surface area contributed by atoms with Crippen molar-refractivity contribution < 1.29 is 0 Å². The van der Waals surface area contributed by atoms with E-state index >= 15 is 0 Å². The number of hydrogen-bond donors (Lipinski definition) is 1.